The van der Waals surface area contributed by atoms with E-state index in [1.807, 2.05) is 6.92 Å². The highest BCUT2D eigenvalue weighted by molar-refractivity contribution is 7.18. The molecule has 1 aliphatic rings. The largest absolute Gasteiger partial charge is 0.380 e. The maximum absolute atomic E-state index is 5.84. The van der Waals surface area contributed by atoms with Crippen molar-refractivity contribution < 1.29 is 4.74 Å². The maximum Gasteiger partial charge on any atom is 0.0907 e. The predicted octanol–water partition coefficient (Wildman–Crippen LogP) is 2.12. The van der Waals surface area contributed by atoms with Gasteiger partial charge in [-0.15, -0.1) is 11.3 Å². The first kappa shape index (κ1) is 11.1. The van der Waals surface area contributed by atoms with Crippen LogP contribution in [0.2, 0.25) is 0 Å². The van der Waals surface area contributed by atoms with E-state index in [1.54, 1.807) is 11.3 Å². The van der Waals surface area contributed by atoms with E-state index in [4.69, 9.17) is 10.5 Å². The molecule has 4 heteroatoms. The molecule has 1 saturated heterocycles. The number of hydrogen-bond donors (Lipinski definition) is 1. The molecule has 0 radical (unpaired) electrons. The number of aromatic nitrogens is 1. The fourth-order valence-electron chi connectivity index (χ4n) is 2.31. The molecule has 2 heterocycles. The summed E-state index contributed by atoms with van der Waals surface area (Å²) in [7, 11) is 0. The topological polar surface area (TPSA) is 48.1 Å². The molecule has 1 aliphatic heterocycles. The van der Waals surface area contributed by atoms with E-state index in [-0.39, 0.29) is 5.41 Å². The minimum absolute atomic E-state index is 0.174. The molecule has 1 fully saturated rings. The van der Waals surface area contributed by atoms with Crippen LogP contribution in [0.3, 0.4) is 0 Å². The van der Waals surface area contributed by atoms with Gasteiger partial charge in [-0.05, 0) is 31.0 Å². The summed E-state index contributed by atoms with van der Waals surface area (Å²) in [6, 6.07) is 6.52. The Morgan fingerprint density at radius 3 is 2.94 bits per heavy atom. The molecule has 0 atom stereocenters. The van der Waals surface area contributed by atoms with Gasteiger partial charge in [-0.2, -0.15) is 0 Å². The van der Waals surface area contributed by atoms with Gasteiger partial charge in [-0.25, -0.2) is 4.98 Å². The van der Waals surface area contributed by atoms with Crippen LogP contribution in [0.5, 0.6) is 0 Å². The van der Waals surface area contributed by atoms with Crippen molar-refractivity contribution in [2.45, 2.75) is 13.3 Å². The van der Waals surface area contributed by atoms with Gasteiger partial charge in [0.05, 0.1) is 28.4 Å². The zero-order valence-corrected chi connectivity index (χ0v) is 10.7. The zero-order chi connectivity index (χ0) is 11.9. The standard InChI is InChI=1S/C13H16N2OS/c1-9-15-11-3-2-10(4-12(11)17-9)5-13(6-14)7-16-8-13/h2-4H,5-8,14H2,1H3. The lowest BCUT2D eigenvalue weighted by atomic mass is 9.80. The summed E-state index contributed by atoms with van der Waals surface area (Å²) in [6.45, 7) is 4.34. The molecule has 17 heavy (non-hydrogen) atoms. The predicted molar refractivity (Wildman–Crippen MR) is 70.4 cm³/mol. The Bertz CT molecular complexity index is 540. The first-order chi connectivity index (χ1) is 8.21. The zero-order valence-electron chi connectivity index (χ0n) is 9.90. The average molecular weight is 248 g/mol. The van der Waals surface area contributed by atoms with E-state index in [1.165, 1.54) is 10.3 Å². The third-order valence-electron chi connectivity index (χ3n) is 3.39. The lowest BCUT2D eigenvalue weighted by Crippen LogP contribution is -2.49. The van der Waals surface area contributed by atoms with Crippen LogP contribution >= 0.6 is 11.3 Å². The Hall–Kier alpha value is -0.970. The molecule has 3 rings (SSSR count). The Labute approximate surface area is 105 Å². The van der Waals surface area contributed by atoms with Gasteiger partial charge in [0.2, 0.25) is 0 Å². The lowest BCUT2D eigenvalue weighted by Gasteiger charge is -2.40. The molecule has 1 aromatic carbocycles. The van der Waals surface area contributed by atoms with Crippen LogP contribution in [-0.2, 0) is 11.2 Å². The number of hydrogen-bond acceptors (Lipinski definition) is 4. The molecule has 0 bridgehead atoms. The number of ether oxygens (including phenoxy) is 1. The van der Waals surface area contributed by atoms with Crippen LogP contribution < -0.4 is 5.73 Å². The summed E-state index contributed by atoms with van der Waals surface area (Å²) in [5.74, 6) is 0. The van der Waals surface area contributed by atoms with Gasteiger partial charge in [0.25, 0.3) is 0 Å². The van der Waals surface area contributed by atoms with E-state index >= 15 is 0 Å². The van der Waals surface area contributed by atoms with Gasteiger partial charge in [0, 0.05) is 12.0 Å². The van der Waals surface area contributed by atoms with Crippen LogP contribution in [0, 0.1) is 12.3 Å². The number of rotatable bonds is 3. The summed E-state index contributed by atoms with van der Waals surface area (Å²) in [6.07, 6.45) is 1.01. The quantitative estimate of drug-likeness (QED) is 0.905. The van der Waals surface area contributed by atoms with Gasteiger partial charge >= 0.3 is 0 Å². The molecule has 2 N–H and O–H groups in total. The summed E-state index contributed by atoms with van der Waals surface area (Å²) in [5.41, 5.74) is 8.46. The minimum Gasteiger partial charge on any atom is -0.380 e. The Morgan fingerprint density at radius 1 is 1.47 bits per heavy atom. The molecule has 3 nitrogen and oxygen atoms in total. The number of thiazole rings is 1. The van der Waals surface area contributed by atoms with Crippen molar-refractivity contribution >= 4 is 21.6 Å². The van der Waals surface area contributed by atoms with Crippen molar-refractivity contribution in [3.05, 3.63) is 28.8 Å². The van der Waals surface area contributed by atoms with Gasteiger partial charge in [0.15, 0.2) is 0 Å². The fraction of sp³-hybridized carbons (Fsp3) is 0.462. The third-order valence-corrected chi connectivity index (χ3v) is 4.32. The molecule has 0 amide bonds. The SMILES string of the molecule is Cc1nc2ccc(CC3(CN)COC3)cc2s1. The van der Waals surface area contributed by atoms with Gasteiger partial charge < -0.3 is 10.5 Å². The molecule has 0 saturated carbocycles. The lowest BCUT2D eigenvalue weighted by molar-refractivity contribution is -0.106. The third kappa shape index (κ3) is 1.97. The molecule has 0 aliphatic carbocycles. The van der Waals surface area contributed by atoms with Crippen molar-refractivity contribution in [2.24, 2.45) is 11.1 Å². The second kappa shape index (κ2) is 4.05. The van der Waals surface area contributed by atoms with E-state index in [0.29, 0.717) is 6.54 Å². The average Bonchev–Trinajstić information content (AvgIpc) is 2.63. The van der Waals surface area contributed by atoms with Crippen molar-refractivity contribution in [3.63, 3.8) is 0 Å². The van der Waals surface area contributed by atoms with Crippen molar-refractivity contribution in [2.75, 3.05) is 19.8 Å². The van der Waals surface area contributed by atoms with Crippen LogP contribution in [0.25, 0.3) is 10.2 Å². The highest BCUT2D eigenvalue weighted by atomic mass is 32.1. The summed E-state index contributed by atoms with van der Waals surface area (Å²) in [4.78, 5) is 4.47. The number of fused-ring (bicyclic) bond motifs is 1. The number of nitrogens with zero attached hydrogens (tertiary/aromatic N) is 1. The Kier molecular flexibility index (Phi) is 2.65. The highest BCUT2D eigenvalue weighted by Gasteiger charge is 2.37. The molecular weight excluding hydrogens is 232 g/mol. The van der Waals surface area contributed by atoms with Crippen LogP contribution in [0.1, 0.15) is 10.6 Å². The van der Waals surface area contributed by atoms with E-state index in [0.717, 1.165) is 30.2 Å². The van der Waals surface area contributed by atoms with Gasteiger partial charge in [0.1, 0.15) is 0 Å². The molecule has 1 aromatic heterocycles. The maximum atomic E-state index is 5.84. The van der Waals surface area contributed by atoms with Crippen LogP contribution in [0.15, 0.2) is 18.2 Å². The number of aryl methyl sites for hydroxylation is 1. The first-order valence-corrected chi connectivity index (χ1v) is 6.66. The van der Waals surface area contributed by atoms with Gasteiger partial charge in [-0.1, -0.05) is 6.07 Å². The summed E-state index contributed by atoms with van der Waals surface area (Å²) in [5, 5.41) is 1.12. The van der Waals surface area contributed by atoms with E-state index < -0.39 is 0 Å². The Balaban J connectivity index is 1.90. The number of benzene rings is 1. The molecular formula is C13H16N2OS. The monoisotopic (exact) mass is 248 g/mol. The second-order valence-electron chi connectivity index (χ2n) is 4.91. The molecule has 2 aromatic rings. The van der Waals surface area contributed by atoms with Crippen LogP contribution in [-0.4, -0.2) is 24.7 Å². The van der Waals surface area contributed by atoms with E-state index in [9.17, 15) is 0 Å². The normalized spacial score (nSPS) is 18.2. The summed E-state index contributed by atoms with van der Waals surface area (Å²) < 4.78 is 6.57. The Morgan fingerprint density at radius 2 is 2.29 bits per heavy atom. The van der Waals surface area contributed by atoms with Crippen LogP contribution in [0.4, 0.5) is 0 Å². The first-order valence-electron chi connectivity index (χ1n) is 5.85. The van der Waals surface area contributed by atoms with E-state index in [2.05, 4.69) is 23.2 Å². The molecule has 0 unspecified atom stereocenters. The molecule has 90 valence electrons. The highest BCUT2D eigenvalue weighted by Crippen LogP contribution is 2.32. The second-order valence-corrected chi connectivity index (χ2v) is 6.14. The fourth-order valence-corrected chi connectivity index (χ4v) is 3.20. The molecule has 0 spiro atoms. The van der Waals surface area contributed by atoms with Crippen molar-refractivity contribution in [3.8, 4) is 0 Å². The smallest absolute Gasteiger partial charge is 0.0907 e. The number of nitrogens with two attached hydrogens (primary N) is 1. The summed E-state index contributed by atoms with van der Waals surface area (Å²) >= 11 is 1.75. The minimum atomic E-state index is 0.174. The van der Waals surface area contributed by atoms with Crippen molar-refractivity contribution in [1.82, 2.24) is 4.98 Å². The van der Waals surface area contributed by atoms with Crippen molar-refractivity contribution in [1.29, 1.82) is 0 Å². The van der Waals surface area contributed by atoms with Gasteiger partial charge in [-0.3, -0.25) is 0 Å².